The summed E-state index contributed by atoms with van der Waals surface area (Å²) in [6, 6.07) is 5.43. The number of esters is 1. The highest BCUT2D eigenvalue weighted by atomic mass is 32.2. The zero-order valence-corrected chi connectivity index (χ0v) is 15.2. The van der Waals surface area contributed by atoms with Crippen LogP contribution in [0.3, 0.4) is 0 Å². The molecule has 25 heavy (non-hydrogen) atoms. The molecular weight excluding hydrogens is 369 g/mol. The van der Waals surface area contributed by atoms with E-state index in [2.05, 4.69) is 20.3 Å². The van der Waals surface area contributed by atoms with E-state index < -0.39 is 6.10 Å². The summed E-state index contributed by atoms with van der Waals surface area (Å²) in [5.41, 5.74) is 0. The van der Waals surface area contributed by atoms with Gasteiger partial charge in [-0.15, -0.1) is 10.2 Å². The number of nitrogens with zero attached hydrogens (tertiary/aromatic N) is 2. The van der Waals surface area contributed by atoms with Crippen LogP contribution in [0.25, 0.3) is 0 Å². The maximum Gasteiger partial charge on any atom is 0.316 e. The van der Waals surface area contributed by atoms with Gasteiger partial charge in [0.2, 0.25) is 5.13 Å². The van der Waals surface area contributed by atoms with Crippen LogP contribution in [0.5, 0.6) is 5.75 Å². The second kappa shape index (κ2) is 9.33. The smallest absolute Gasteiger partial charge is 0.316 e. The quantitative estimate of drug-likeness (QED) is 0.424. The standard InChI is InChI=1S/C15H16FN3O4S2/c1-3-11(23-10-6-4-9(16)5-7-10)13(21)17-14-18-19-15(25-14)24-8-12(20)22-2/h4-7,11H,3,8H2,1-2H3,(H,17,18,21)/t11-/m0/s1. The fourth-order valence-corrected chi connectivity index (χ4v) is 3.27. The number of methoxy groups -OCH3 is 1. The van der Waals surface area contributed by atoms with Crippen LogP contribution >= 0.6 is 23.1 Å². The molecule has 0 radical (unpaired) electrons. The molecule has 1 aromatic heterocycles. The first-order valence-electron chi connectivity index (χ1n) is 7.28. The number of rotatable bonds is 8. The van der Waals surface area contributed by atoms with Crippen molar-refractivity contribution in [3.05, 3.63) is 30.1 Å². The minimum atomic E-state index is -0.750. The number of aromatic nitrogens is 2. The summed E-state index contributed by atoms with van der Waals surface area (Å²) in [5.74, 6) is -0.618. The Labute approximate surface area is 151 Å². The first kappa shape index (κ1) is 19.1. The van der Waals surface area contributed by atoms with E-state index in [1.165, 1.54) is 43.1 Å². The summed E-state index contributed by atoms with van der Waals surface area (Å²) >= 11 is 2.32. The van der Waals surface area contributed by atoms with Gasteiger partial charge in [0.1, 0.15) is 11.6 Å². The average Bonchev–Trinajstić information content (AvgIpc) is 3.06. The largest absolute Gasteiger partial charge is 0.481 e. The normalized spacial score (nSPS) is 11.6. The summed E-state index contributed by atoms with van der Waals surface area (Å²) in [5, 5.41) is 10.7. The van der Waals surface area contributed by atoms with Crippen molar-refractivity contribution in [1.82, 2.24) is 10.2 Å². The Morgan fingerprint density at radius 1 is 1.32 bits per heavy atom. The minimum absolute atomic E-state index is 0.115. The molecule has 1 N–H and O–H groups in total. The Morgan fingerprint density at radius 3 is 2.68 bits per heavy atom. The molecule has 1 heterocycles. The summed E-state index contributed by atoms with van der Waals surface area (Å²) < 4.78 is 23.6. The number of hydrogen-bond donors (Lipinski definition) is 1. The van der Waals surface area contributed by atoms with Crippen molar-refractivity contribution in [3.8, 4) is 5.75 Å². The number of carbonyl (C=O) groups excluding carboxylic acids is 2. The number of thioether (sulfide) groups is 1. The maximum atomic E-state index is 12.9. The first-order valence-corrected chi connectivity index (χ1v) is 9.08. The Hall–Kier alpha value is -2.20. The topological polar surface area (TPSA) is 90.4 Å². The van der Waals surface area contributed by atoms with Gasteiger partial charge in [-0.3, -0.25) is 14.9 Å². The molecule has 0 saturated carbocycles. The van der Waals surface area contributed by atoms with Gasteiger partial charge in [-0.2, -0.15) is 0 Å². The van der Waals surface area contributed by atoms with Crippen molar-refractivity contribution in [1.29, 1.82) is 0 Å². The van der Waals surface area contributed by atoms with E-state index in [1.54, 1.807) is 6.92 Å². The van der Waals surface area contributed by atoms with E-state index in [0.29, 0.717) is 21.6 Å². The fraction of sp³-hybridized carbons (Fsp3) is 0.333. The van der Waals surface area contributed by atoms with Crippen molar-refractivity contribution in [3.63, 3.8) is 0 Å². The lowest BCUT2D eigenvalue weighted by atomic mass is 10.2. The van der Waals surface area contributed by atoms with Crippen LogP contribution in [0.4, 0.5) is 9.52 Å². The molecule has 0 saturated heterocycles. The Balaban J connectivity index is 1.91. The van der Waals surface area contributed by atoms with Crippen LogP contribution < -0.4 is 10.1 Å². The van der Waals surface area contributed by atoms with Crippen molar-refractivity contribution in [2.24, 2.45) is 0 Å². The van der Waals surface area contributed by atoms with Crippen LogP contribution in [0.15, 0.2) is 28.6 Å². The van der Waals surface area contributed by atoms with Crippen molar-refractivity contribution in [2.75, 3.05) is 18.2 Å². The summed E-state index contributed by atoms with van der Waals surface area (Å²) in [4.78, 5) is 23.4. The average molecular weight is 385 g/mol. The molecule has 0 spiro atoms. The molecular formula is C15H16FN3O4S2. The molecule has 0 aliphatic carbocycles. The van der Waals surface area contributed by atoms with Gasteiger partial charge in [-0.1, -0.05) is 30.0 Å². The predicted octanol–water partition coefficient (Wildman–Crippen LogP) is 2.74. The molecule has 0 bridgehead atoms. The Kier molecular flexibility index (Phi) is 7.14. The van der Waals surface area contributed by atoms with Crippen LogP contribution in [0, 0.1) is 5.82 Å². The zero-order chi connectivity index (χ0) is 18.2. The minimum Gasteiger partial charge on any atom is -0.481 e. The summed E-state index contributed by atoms with van der Waals surface area (Å²) in [7, 11) is 1.31. The zero-order valence-electron chi connectivity index (χ0n) is 13.5. The second-order valence-corrected chi connectivity index (χ2v) is 6.90. The van der Waals surface area contributed by atoms with Gasteiger partial charge in [-0.25, -0.2) is 4.39 Å². The van der Waals surface area contributed by atoms with Gasteiger partial charge in [0.15, 0.2) is 10.4 Å². The molecule has 0 unspecified atom stereocenters. The summed E-state index contributed by atoms with van der Waals surface area (Å²) in [6.45, 7) is 1.80. The lowest BCUT2D eigenvalue weighted by molar-refractivity contribution is -0.137. The lowest BCUT2D eigenvalue weighted by Gasteiger charge is -2.16. The third-order valence-electron chi connectivity index (χ3n) is 2.93. The van der Waals surface area contributed by atoms with Crippen LogP contribution in [0.2, 0.25) is 0 Å². The highest BCUT2D eigenvalue weighted by Gasteiger charge is 2.20. The van der Waals surface area contributed by atoms with Crippen molar-refractivity contribution in [2.45, 2.75) is 23.8 Å². The predicted molar refractivity (Wildman–Crippen MR) is 92.4 cm³/mol. The molecule has 0 fully saturated rings. The number of carbonyl (C=O) groups is 2. The van der Waals surface area contributed by atoms with E-state index in [-0.39, 0.29) is 23.4 Å². The molecule has 0 aliphatic heterocycles. The van der Waals surface area contributed by atoms with Crippen molar-refractivity contribution < 1.29 is 23.5 Å². The highest BCUT2D eigenvalue weighted by Crippen LogP contribution is 2.26. The number of ether oxygens (including phenoxy) is 2. The second-order valence-electron chi connectivity index (χ2n) is 4.70. The lowest BCUT2D eigenvalue weighted by Crippen LogP contribution is -2.32. The molecule has 1 aromatic carbocycles. The van der Waals surface area contributed by atoms with E-state index in [1.807, 2.05) is 0 Å². The Bertz CT molecular complexity index is 724. The van der Waals surface area contributed by atoms with Gasteiger partial charge in [0.05, 0.1) is 12.9 Å². The van der Waals surface area contributed by atoms with Gasteiger partial charge in [0.25, 0.3) is 5.91 Å². The monoisotopic (exact) mass is 385 g/mol. The molecule has 10 heteroatoms. The molecule has 134 valence electrons. The molecule has 0 aliphatic rings. The van der Waals surface area contributed by atoms with Gasteiger partial charge in [0, 0.05) is 0 Å². The van der Waals surface area contributed by atoms with E-state index in [9.17, 15) is 14.0 Å². The molecule has 2 aromatic rings. The van der Waals surface area contributed by atoms with Crippen LogP contribution in [0.1, 0.15) is 13.3 Å². The number of halogens is 1. The fourth-order valence-electron chi connectivity index (χ4n) is 1.68. The highest BCUT2D eigenvalue weighted by molar-refractivity contribution is 8.01. The SMILES string of the molecule is CC[C@H](Oc1ccc(F)cc1)C(=O)Nc1nnc(SCC(=O)OC)s1. The number of benzene rings is 1. The van der Waals surface area contributed by atoms with Crippen LogP contribution in [-0.4, -0.2) is 41.0 Å². The van der Waals surface area contributed by atoms with Gasteiger partial charge >= 0.3 is 5.97 Å². The molecule has 2 rings (SSSR count). The van der Waals surface area contributed by atoms with Gasteiger partial charge in [-0.05, 0) is 30.7 Å². The van der Waals surface area contributed by atoms with Crippen molar-refractivity contribution >= 4 is 40.1 Å². The number of amides is 1. The first-order chi connectivity index (χ1) is 12.0. The van der Waals surface area contributed by atoms with Crippen LogP contribution in [-0.2, 0) is 14.3 Å². The number of anilines is 1. The molecule has 1 atom stereocenters. The third-order valence-corrected chi connectivity index (χ3v) is 4.88. The number of nitrogens with one attached hydrogen (secondary N) is 1. The van der Waals surface area contributed by atoms with E-state index in [0.717, 1.165) is 11.3 Å². The van der Waals surface area contributed by atoms with E-state index in [4.69, 9.17) is 4.74 Å². The van der Waals surface area contributed by atoms with E-state index >= 15 is 0 Å². The maximum absolute atomic E-state index is 12.9. The number of hydrogen-bond acceptors (Lipinski definition) is 8. The third kappa shape index (κ3) is 5.98. The molecule has 7 nitrogen and oxygen atoms in total. The summed E-state index contributed by atoms with van der Waals surface area (Å²) in [6.07, 6.45) is -0.327. The van der Waals surface area contributed by atoms with Gasteiger partial charge < -0.3 is 9.47 Å². The molecule has 1 amide bonds. The Morgan fingerprint density at radius 2 is 2.04 bits per heavy atom.